The topological polar surface area (TPSA) is 47.9 Å². The van der Waals surface area contributed by atoms with Crippen LogP contribution in [0.15, 0.2) is 83.5 Å². The molecule has 0 aromatic heterocycles. The number of benzene rings is 3. The van der Waals surface area contributed by atoms with E-state index in [9.17, 15) is 4.79 Å². The van der Waals surface area contributed by atoms with Crippen LogP contribution in [0.4, 0.5) is 0 Å². The molecule has 0 bridgehead atoms. The van der Waals surface area contributed by atoms with E-state index < -0.39 is 5.97 Å². The van der Waals surface area contributed by atoms with Gasteiger partial charge >= 0.3 is 5.97 Å². The summed E-state index contributed by atoms with van der Waals surface area (Å²) in [6, 6.07) is 22.7. The number of cyclic esters (lactones) is 1. The second kappa shape index (κ2) is 8.33. The van der Waals surface area contributed by atoms with Crippen LogP contribution in [-0.2, 0) is 16.1 Å². The number of rotatable bonds is 5. The summed E-state index contributed by atoms with van der Waals surface area (Å²) in [7, 11) is 0. The molecule has 0 spiro atoms. The van der Waals surface area contributed by atoms with Crippen molar-refractivity contribution < 1.29 is 14.3 Å². The molecule has 0 unspecified atom stereocenters. The van der Waals surface area contributed by atoms with Crippen molar-refractivity contribution in [3.8, 4) is 5.75 Å². The summed E-state index contributed by atoms with van der Waals surface area (Å²) in [6.07, 6.45) is 1.67. The molecule has 1 aliphatic heterocycles. The Hall–Kier alpha value is -3.37. The lowest BCUT2D eigenvalue weighted by Crippen LogP contribution is -2.05. The lowest BCUT2D eigenvalue weighted by atomic mass is 10.1. The Morgan fingerprint density at radius 1 is 1.00 bits per heavy atom. The van der Waals surface area contributed by atoms with Crippen molar-refractivity contribution in [2.75, 3.05) is 0 Å². The van der Waals surface area contributed by atoms with E-state index in [2.05, 4.69) is 4.99 Å². The number of nitrogens with zero attached hydrogens (tertiary/aromatic N) is 1. The average molecular weight is 404 g/mol. The molecular formula is C24H18ClNO3. The minimum Gasteiger partial charge on any atom is -0.488 e. The van der Waals surface area contributed by atoms with Gasteiger partial charge in [-0.1, -0.05) is 66.2 Å². The molecule has 1 heterocycles. The molecule has 29 heavy (non-hydrogen) atoms. The number of hydrogen-bond acceptors (Lipinski definition) is 4. The highest BCUT2D eigenvalue weighted by atomic mass is 35.5. The van der Waals surface area contributed by atoms with E-state index in [1.807, 2.05) is 67.6 Å². The Balaban J connectivity index is 1.61. The van der Waals surface area contributed by atoms with Gasteiger partial charge in [0.1, 0.15) is 12.4 Å². The molecule has 4 rings (SSSR count). The summed E-state index contributed by atoms with van der Waals surface area (Å²) in [5.74, 6) is 0.344. The van der Waals surface area contributed by atoms with Gasteiger partial charge in [0, 0.05) is 5.56 Å². The molecule has 3 aromatic rings. The zero-order valence-electron chi connectivity index (χ0n) is 15.8. The van der Waals surface area contributed by atoms with Gasteiger partial charge in [0.25, 0.3) is 0 Å². The zero-order chi connectivity index (χ0) is 20.2. The Labute approximate surface area is 174 Å². The van der Waals surface area contributed by atoms with Crippen LogP contribution < -0.4 is 4.74 Å². The maximum absolute atomic E-state index is 12.3. The van der Waals surface area contributed by atoms with Crippen molar-refractivity contribution in [1.82, 2.24) is 0 Å². The van der Waals surface area contributed by atoms with E-state index in [-0.39, 0.29) is 11.6 Å². The van der Waals surface area contributed by atoms with Gasteiger partial charge in [-0.05, 0) is 42.3 Å². The van der Waals surface area contributed by atoms with E-state index in [1.165, 1.54) is 0 Å². The van der Waals surface area contributed by atoms with E-state index in [0.717, 1.165) is 16.7 Å². The number of aliphatic imine (C=N–C) groups is 1. The minimum atomic E-state index is -0.520. The normalized spacial score (nSPS) is 14.6. The Bertz CT molecular complexity index is 1130. The first kappa shape index (κ1) is 19.0. The van der Waals surface area contributed by atoms with Crippen molar-refractivity contribution in [1.29, 1.82) is 0 Å². The number of esters is 1. The lowest BCUT2D eigenvalue weighted by Gasteiger charge is -2.11. The van der Waals surface area contributed by atoms with Gasteiger partial charge in [0.05, 0.1) is 10.6 Å². The number of carbonyl (C=O) groups excluding carboxylic acids is 1. The van der Waals surface area contributed by atoms with E-state index in [4.69, 9.17) is 21.1 Å². The number of halogens is 1. The molecule has 0 radical (unpaired) electrons. The fourth-order valence-electron chi connectivity index (χ4n) is 2.97. The van der Waals surface area contributed by atoms with E-state index in [0.29, 0.717) is 22.9 Å². The smallest absolute Gasteiger partial charge is 0.363 e. The number of ether oxygens (including phenoxy) is 2. The molecule has 0 fully saturated rings. The molecule has 3 aromatic carbocycles. The molecule has 5 heteroatoms. The second-order valence-electron chi connectivity index (χ2n) is 6.57. The van der Waals surface area contributed by atoms with Crippen molar-refractivity contribution in [2.24, 2.45) is 4.99 Å². The first-order valence-electron chi connectivity index (χ1n) is 9.15. The summed E-state index contributed by atoms with van der Waals surface area (Å²) in [4.78, 5) is 16.7. The first-order chi connectivity index (χ1) is 14.1. The quantitative estimate of drug-likeness (QED) is 0.413. The fraction of sp³-hybridized carbons (Fsp3) is 0.0833. The van der Waals surface area contributed by atoms with Crippen molar-refractivity contribution in [3.63, 3.8) is 0 Å². The van der Waals surface area contributed by atoms with Gasteiger partial charge < -0.3 is 9.47 Å². The monoisotopic (exact) mass is 403 g/mol. The van der Waals surface area contributed by atoms with Gasteiger partial charge in [-0.25, -0.2) is 9.79 Å². The van der Waals surface area contributed by atoms with Crippen LogP contribution in [0.3, 0.4) is 0 Å². The van der Waals surface area contributed by atoms with Crippen LogP contribution >= 0.6 is 11.6 Å². The Morgan fingerprint density at radius 3 is 2.55 bits per heavy atom. The summed E-state index contributed by atoms with van der Waals surface area (Å²) >= 11 is 6.19. The SMILES string of the molecule is Cc1ccccc1COc1ccccc1/C=C1\N=C(c2ccccc2Cl)OC1=O. The largest absolute Gasteiger partial charge is 0.488 e. The van der Waals surface area contributed by atoms with Gasteiger partial charge in [-0.2, -0.15) is 0 Å². The maximum atomic E-state index is 12.3. The molecule has 0 amide bonds. The van der Waals surface area contributed by atoms with Gasteiger partial charge in [-0.15, -0.1) is 0 Å². The third-order valence-electron chi connectivity index (χ3n) is 4.58. The first-order valence-corrected chi connectivity index (χ1v) is 9.53. The lowest BCUT2D eigenvalue weighted by molar-refractivity contribution is -0.129. The molecule has 0 N–H and O–H groups in total. The average Bonchev–Trinajstić information content (AvgIpc) is 3.09. The molecule has 0 atom stereocenters. The van der Waals surface area contributed by atoms with Crippen molar-refractivity contribution in [2.45, 2.75) is 13.5 Å². The van der Waals surface area contributed by atoms with Crippen LogP contribution in [-0.4, -0.2) is 11.9 Å². The Morgan fingerprint density at radius 2 is 1.72 bits per heavy atom. The Kier molecular flexibility index (Phi) is 5.45. The van der Waals surface area contributed by atoms with Crippen LogP contribution in [0.25, 0.3) is 6.08 Å². The van der Waals surface area contributed by atoms with Crippen LogP contribution in [0.2, 0.25) is 5.02 Å². The highest BCUT2D eigenvalue weighted by Gasteiger charge is 2.25. The highest BCUT2D eigenvalue weighted by molar-refractivity contribution is 6.34. The summed E-state index contributed by atoms with van der Waals surface area (Å²) in [5.41, 5.74) is 3.80. The molecule has 0 aliphatic carbocycles. The number of para-hydroxylation sites is 1. The maximum Gasteiger partial charge on any atom is 0.363 e. The summed E-state index contributed by atoms with van der Waals surface area (Å²) in [5, 5.41) is 0.474. The highest BCUT2D eigenvalue weighted by Crippen LogP contribution is 2.27. The van der Waals surface area contributed by atoms with Gasteiger partial charge in [0.2, 0.25) is 5.90 Å². The van der Waals surface area contributed by atoms with Crippen LogP contribution in [0.5, 0.6) is 5.75 Å². The van der Waals surface area contributed by atoms with E-state index >= 15 is 0 Å². The predicted molar refractivity (Wildman–Crippen MR) is 114 cm³/mol. The molecule has 4 nitrogen and oxygen atoms in total. The number of carbonyl (C=O) groups is 1. The molecular weight excluding hydrogens is 386 g/mol. The molecule has 0 saturated carbocycles. The third-order valence-corrected chi connectivity index (χ3v) is 4.91. The predicted octanol–water partition coefficient (Wildman–Crippen LogP) is 5.57. The molecule has 1 aliphatic rings. The zero-order valence-corrected chi connectivity index (χ0v) is 16.5. The van der Waals surface area contributed by atoms with Gasteiger partial charge in [0.15, 0.2) is 5.70 Å². The molecule has 144 valence electrons. The van der Waals surface area contributed by atoms with Crippen molar-refractivity contribution in [3.05, 3.63) is 106 Å². The fourth-order valence-corrected chi connectivity index (χ4v) is 3.18. The summed E-state index contributed by atoms with van der Waals surface area (Å²) in [6.45, 7) is 2.48. The summed E-state index contributed by atoms with van der Waals surface area (Å²) < 4.78 is 11.3. The van der Waals surface area contributed by atoms with Gasteiger partial charge in [-0.3, -0.25) is 0 Å². The molecule has 0 saturated heterocycles. The van der Waals surface area contributed by atoms with E-state index in [1.54, 1.807) is 18.2 Å². The minimum absolute atomic E-state index is 0.199. The number of aryl methyl sites for hydroxylation is 1. The third kappa shape index (κ3) is 4.23. The number of hydrogen-bond donors (Lipinski definition) is 0. The standard InChI is InChI=1S/C24H18ClNO3/c1-16-8-2-3-10-18(16)15-28-22-13-7-4-9-17(22)14-21-24(27)29-23(26-21)19-11-5-6-12-20(19)25/h2-14H,15H2,1H3/b21-14-. The van der Waals surface area contributed by atoms with Crippen LogP contribution in [0, 0.1) is 6.92 Å². The second-order valence-corrected chi connectivity index (χ2v) is 6.98. The van der Waals surface area contributed by atoms with Crippen molar-refractivity contribution >= 4 is 29.5 Å². The van der Waals surface area contributed by atoms with Crippen LogP contribution in [0.1, 0.15) is 22.3 Å².